The standard InChI is InChI=1S/C15H14ClNO2S2/c1-11-2-8-14(9-3-11)21(18,19)10-17-15(20)12-4-6-13(16)7-5-12/h2-9H,10H2,1H3,(H,17,20). The fraction of sp³-hybridized carbons (Fsp3) is 0.133. The highest BCUT2D eigenvalue weighted by Gasteiger charge is 2.14. The number of hydrogen-bond acceptors (Lipinski definition) is 3. The smallest absolute Gasteiger partial charge is 0.196 e. The van der Waals surface area contributed by atoms with Crippen LogP contribution in [0.5, 0.6) is 0 Å². The highest BCUT2D eigenvalue weighted by atomic mass is 35.5. The molecule has 0 saturated carbocycles. The van der Waals surface area contributed by atoms with E-state index in [1.54, 1.807) is 48.5 Å². The zero-order valence-electron chi connectivity index (χ0n) is 11.3. The molecule has 0 unspecified atom stereocenters. The summed E-state index contributed by atoms with van der Waals surface area (Å²) in [5.74, 6) is -0.239. The Morgan fingerprint density at radius 1 is 1.10 bits per heavy atom. The normalized spacial score (nSPS) is 11.1. The van der Waals surface area contributed by atoms with E-state index < -0.39 is 9.84 Å². The maximum atomic E-state index is 12.2. The van der Waals surface area contributed by atoms with Crippen molar-refractivity contribution in [3.63, 3.8) is 0 Å². The minimum Gasteiger partial charge on any atom is -0.362 e. The van der Waals surface area contributed by atoms with Crippen molar-refractivity contribution in [1.29, 1.82) is 0 Å². The average Bonchev–Trinajstić information content (AvgIpc) is 2.46. The van der Waals surface area contributed by atoms with Gasteiger partial charge in [0.1, 0.15) is 10.9 Å². The first-order valence-electron chi connectivity index (χ1n) is 6.22. The first kappa shape index (κ1) is 15.9. The second-order valence-electron chi connectivity index (χ2n) is 4.58. The fourth-order valence-corrected chi connectivity index (χ4v) is 3.17. The van der Waals surface area contributed by atoms with Crippen molar-refractivity contribution in [3.8, 4) is 0 Å². The van der Waals surface area contributed by atoms with E-state index in [0.29, 0.717) is 10.0 Å². The summed E-state index contributed by atoms with van der Waals surface area (Å²) in [6.45, 7) is 1.91. The van der Waals surface area contributed by atoms with Crippen LogP contribution in [0.25, 0.3) is 0 Å². The molecule has 1 N–H and O–H groups in total. The maximum absolute atomic E-state index is 12.2. The molecule has 0 amide bonds. The number of nitrogens with one attached hydrogen (secondary N) is 1. The van der Waals surface area contributed by atoms with Crippen molar-refractivity contribution in [2.45, 2.75) is 11.8 Å². The van der Waals surface area contributed by atoms with Gasteiger partial charge >= 0.3 is 0 Å². The highest BCUT2D eigenvalue weighted by Crippen LogP contribution is 2.13. The predicted octanol–water partition coefficient (Wildman–Crippen LogP) is 3.34. The lowest BCUT2D eigenvalue weighted by molar-refractivity contribution is 0.594. The van der Waals surface area contributed by atoms with Gasteiger partial charge in [0.15, 0.2) is 9.84 Å². The van der Waals surface area contributed by atoms with Crippen LogP contribution in [0, 0.1) is 6.92 Å². The summed E-state index contributed by atoms with van der Waals surface area (Å²) in [6, 6.07) is 13.6. The third kappa shape index (κ3) is 4.27. The molecule has 0 aliphatic carbocycles. The fourth-order valence-electron chi connectivity index (χ4n) is 1.69. The van der Waals surface area contributed by atoms with E-state index in [1.165, 1.54) is 0 Å². The average molecular weight is 340 g/mol. The molecule has 2 aromatic carbocycles. The first-order valence-corrected chi connectivity index (χ1v) is 8.65. The van der Waals surface area contributed by atoms with E-state index in [1.807, 2.05) is 6.92 Å². The zero-order valence-corrected chi connectivity index (χ0v) is 13.7. The summed E-state index contributed by atoms with van der Waals surface area (Å²) >= 11 is 11.0. The van der Waals surface area contributed by atoms with Crippen LogP contribution in [-0.2, 0) is 9.84 Å². The third-order valence-corrected chi connectivity index (χ3v) is 5.06. The Labute approximate surface area is 134 Å². The van der Waals surface area contributed by atoms with Gasteiger partial charge in [-0.2, -0.15) is 0 Å². The monoisotopic (exact) mass is 339 g/mol. The van der Waals surface area contributed by atoms with Gasteiger partial charge in [-0.3, -0.25) is 0 Å². The summed E-state index contributed by atoms with van der Waals surface area (Å²) < 4.78 is 24.4. The van der Waals surface area contributed by atoms with Crippen molar-refractivity contribution >= 4 is 38.6 Å². The van der Waals surface area contributed by atoms with E-state index in [9.17, 15) is 8.42 Å². The molecule has 6 heteroatoms. The van der Waals surface area contributed by atoms with Crippen LogP contribution in [0.2, 0.25) is 5.02 Å². The molecule has 3 nitrogen and oxygen atoms in total. The van der Waals surface area contributed by atoms with Crippen LogP contribution in [0.1, 0.15) is 11.1 Å². The molecule has 2 rings (SSSR count). The van der Waals surface area contributed by atoms with Crippen molar-refractivity contribution in [2.24, 2.45) is 0 Å². The number of hydrogen-bond donors (Lipinski definition) is 1. The van der Waals surface area contributed by atoms with Gasteiger partial charge in [0.25, 0.3) is 0 Å². The molecule has 110 valence electrons. The van der Waals surface area contributed by atoms with E-state index >= 15 is 0 Å². The zero-order chi connectivity index (χ0) is 15.5. The topological polar surface area (TPSA) is 46.2 Å². The molecule has 0 heterocycles. The minimum absolute atomic E-state index is 0.239. The van der Waals surface area contributed by atoms with Crippen LogP contribution in [0.4, 0.5) is 0 Å². The highest BCUT2D eigenvalue weighted by molar-refractivity contribution is 7.91. The quantitative estimate of drug-likeness (QED) is 0.868. The minimum atomic E-state index is -3.41. The van der Waals surface area contributed by atoms with Gasteiger partial charge in [-0.05, 0) is 31.2 Å². The molecular formula is C15H14ClNO2S2. The van der Waals surface area contributed by atoms with E-state index in [0.717, 1.165) is 11.1 Å². The Bertz CT molecular complexity index is 738. The number of rotatable bonds is 4. The van der Waals surface area contributed by atoms with Gasteiger partial charge < -0.3 is 5.32 Å². The van der Waals surface area contributed by atoms with Gasteiger partial charge in [0.05, 0.1) is 4.90 Å². The van der Waals surface area contributed by atoms with Crippen LogP contribution < -0.4 is 5.32 Å². The number of sulfone groups is 1. The lowest BCUT2D eigenvalue weighted by Gasteiger charge is -2.09. The summed E-state index contributed by atoms with van der Waals surface area (Å²) in [4.78, 5) is 0.654. The van der Waals surface area contributed by atoms with Gasteiger partial charge in [-0.1, -0.05) is 53.6 Å². The molecular weight excluding hydrogens is 326 g/mol. The number of halogens is 1. The van der Waals surface area contributed by atoms with Crippen molar-refractivity contribution in [2.75, 3.05) is 5.88 Å². The van der Waals surface area contributed by atoms with Crippen molar-refractivity contribution in [1.82, 2.24) is 5.32 Å². The van der Waals surface area contributed by atoms with Crippen LogP contribution in [0.3, 0.4) is 0 Å². The summed E-state index contributed by atoms with van der Waals surface area (Å²) in [7, 11) is -3.41. The van der Waals surface area contributed by atoms with Crippen molar-refractivity contribution in [3.05, 3.63) is 64.7 Å². The van der Waals surface area contributed by atoms with Crippen LogP contribution >= 0.6 is 23.8 Å². The molecule has 0 fully saturated rings. The van der Waals surface area contributed by atoms with Gasteiger partial charge in [0.2, 0.25) is 0 Å². The van der Waals surface area contributed by atoms with Crippen molar-refractivity contribution < 1.29 is 8.42 Å². The molecule has 2 aromatic rings. The number of thiocarbonyl (C=S) groups is 1. The van der Waals surface area contributed by atoms with Gasteiger partial charge in [0, 0.05) is 10.6 Å². The second-order valence-corrected chi connectivity index (χ2v) is 7.42. The van der Waals surface area contributed by atoms with E-state index in [2.05, 4.69) is 5.32 Å². The molecule has 0 spiro atoms. The van der Waals surface area contributed by atoms with E-state index in [-0.39, 0.29) is 10.8 Å². The number of benzene rings is 2. The first-order chi connectivity index (χ1) is 9.88. The molecule has 21 heavy (non-hydrogen) atoms. The van der Waals surface area contributed by atoms with Crippen LogP contribution in [-0.4, -0.2) is 19.3 Å². The Hall–Kier alpha value is -1.43. The summed E-state index contributed by atoms with van der Waals surface area (Å²) in [5.41, 5.74) is 1.74. The Balaban J connectivity index is 2.06. The largest absolute Gasteiger partial charge is 0.362 e. The molecule has 0 radical (unpaired) electrons. The number of aryl methyl sites for hydroxylation is 1. The molecule has 0 aliphatic heterocycles. The molecule has 0 bridgehead atoms. The SMILES string of the molecule is Cc1ccc(S(=O)(=O)CNC(=S)c2ccc(Cl)cc2)cc1. The summed E-state index contributed by atoms with van der Waals surface area (Å²) in [6.07, 6.45) is 0. The Morgan fingerprint density at radius 2 is 1.67 bits per heavy atom. The van der Waals surface area contributed by atoms with E-state index in [4.69, 9.17) is 23.8 Å². The molecule has 0 saturated heterocycles. The Kier molecular flexibility index (Phi) is 4.98. The summed E-state index contributed by atoms with van der Waals surface area (Å²) in [5, 5.41) is 3.38. The maximum Gasteiger partial charge on any atom is 0.196 e. The Morgan fingerprint density at radius 3 is 2.24 bits per heavy atom. The molecule has 0 atom stereocenters. The third-order valence-electron chi connectivity index (χ3n) is 2.91. The lowest BCUT2D eigenvalue weighted by atomic mass is 10.2. The van der Waals surface area contributed by atoms with Gasteiger partial charge in [-0.15, -0.1) is 0 Å². The van der Waals surface area contributed by atoms with Crippen LogP contribution in [0.15, 0.2) is 53.4 Å². The van der Waals surface area contributed by atoms with Gasteiger partial charge in [-0.25, -0.2) is 8.42 Å². The molecule has 0 aromatic heterocycles. The molecule has 0 aliphatic rings. The lowest BCUT2D eigenvalue weighted by Crippen LogP contribution is -2.28. The predicted molar refractivity (Wildman–Crippen MR) is 89.5 cm³/mol. The second kappa shape index (κ2) is 6.56.